The summed E-state index contributed by atoms with van der Waals surface area (Å²) < 4.78 is 6.07. The highest BCUT2D eigenvalue weighted by molar-refractivity contribution is 5.79. The number of likely N-dealkylation sites (tertiary alicyclic amines) is 1. The van der Waals surface area contributed by atoms with Crippen molar-refractivity contribution in [3.63, 3.8) is 0 Å². The van der Waals surface area contributed by atoms with Crippen LogP contribution >= 0.6 is 0 Å². The molecular formula is C14H14N2O2. The number of amides is 1. The van der Waals surface area contributed by atoms with E-state index < -0.39 is 5.60 Å². The number of nitrogens with zero attached hydrogens (tertiary/aromatic N) is 2. The largest absolute Gasteiger partial charge is 0.486 e. The number of para-hydroxylation sites is 1. The molecule has 0 aliphatic carbocycles. The van der Waals surface area contributed by atoms with E-state index in [2.05, 4.69) is 6.07 Å². The molecule has 0 bridgehead atoms. The van der Waals surface area contributed by atoms with Crippen LogP contribution in [0.15, 0.2) is 24.3 Å². The Balaban J connectivity index is 1.84. The number of piperidine rings is 1. The monoisotopic (exact) mass is 242 g/mol. The Labute approximate surface area is 106 Å². The fraction of sp³-hybridized carbons (Fsp3) is 0.429. The summed E-state index contributed by atoms with van der Waals surface area (Å²) in [4.78, 5) is 13.1. The molecule has 4 heteroatoms. The van der Waals surface area contributed by atoms with E-state index in [0.29, 0.717) is 13.0 Å². The average molecular weight is 242 g/mol. The van der Waals surface area contributed by atoms with Crippen LogP contribution in [0.1, 0.15) is 24.8 Å². The van der Waals surface area contributed by atoms with E-state index in [1.807, 2.05) is 24.4 Å². The minimum Gasteiger partial charge on any atom is -0.486 e. The zero-order valence-electron chi connectivity index (χ0n) is 10.1. The molecule has 0 radical (unpaired) electrons. The number of hydrogen-bond donors (Lipinski definition) is 0. The van der Waals surface area contributed by atoms with Gasteiger partial charge in [0, 0.05) is 13.0 Å². The predicted octanol–water partition coefficient (Wildman–Crippen LogP) is 1.85. The Morgan fingerprint density at radius 2 is 2.17 bits per heavy atom. The average Bonchev–Trinajstić information content (AvgIpc) is 2.39. The van der Waals surface area contributed by atoms with E-state index in [0.717, 1.165) is 25.0 Å². The number of carbonyl (C=O) groups excluding carboxylic acids is 1. The molecule has 3 rings (SSSR count). The lowest BCUT2D eigenvalue weighted by Gasteiger charge is -2.42. The summed E-state index contributed by atoms with van der Waals surface area (Å²) in [5.41, 5.74) is 0.817. The van der Waals surface area contributed by atoms with Crippen molar-refractivity contribution in [1.29, 1.82) is 5.26 Å². The topological polar surface area (TPSA) is 53.3 Å². The van der Waals surface area contributed by atoms with Crippen LogP contribution in [0, 0.1) is 11.5 Å². The van der Waals surface area contributed by atoms with Crippen LogP contribution in [-0.4, -0.2) is 23.0 Å². The van der Waals surface area contributed by atoms with Crippen LogP contribution in [-0.2, 0) is 11.2 Å². The van der Waals surface area contributed by atoms with Gasteiger partial charge >= 0.3 is 0 Å². The highest BCUT2D eigenvalue weighted by Crippen LogP contribution is 2.39. The van der Waals surface area contributed by atoms with Gasteiger partial charge in [-0.2, -0.15) is 5.26 Å². The molecule has 92 valence electrons. The summed E-state index contributed by atoms with van der Waals surface area (Å²) >= 11 is 0. The van der Waals surface area contributed by atoms with Crippen LogP contribution < -0.4 is 4.74 Å². The maximum Gasteiger partial charge on any atom is 0.239 e. The van der Waals surface area contributed by atoms with E-state index in [4.69, 9.17) is 10.00 Å². The number of ether oxygens (including phenoxy) is 1. The van der Waals surface area contributed by atoms with E-state index in [1.54, 1.807) is 0 Å². The molecule has 1 amide bonds. The third-order valence-corrected chi connectivity index (χ3v) is 3.84. The lowest BCUT2D eigenvalue weighted by atomic mass is 9.83. The summed E-state index contributed by atoms with van der Waals surface area (Å²) in [7, 11) is 0. The van der Waals surface area contributed by atoms with Gasteiger partial charge in [-0.1, -0.05) is 18.2 Å². The first kappa shape index (κ1) is 11.1. The van der Waals surface area contributed by atoms with Gasteiger partial charge in [-0.15, -0.1) is 0 Å². The molecule has 1 atom stereocenters. The van der Waals surface area contributed by atoms with E-state index in [1.165, 1.54) is 10.5 Å². The normalized spacial score (nSPS) is 26.4. The molecule has 1 saturated heterocycles. The van der Waals surface area contributed by atoms with E-state index in [-0.39, 0.29) is 5.91 Å². The molecule has 0 saturated carbocycles. The summed E-state index contributed by atoms with van der Waals surface area (Å²) in [6, 6.07) is 7.97. The smallest absolute Gasteiger partial charge is 0.239 e. The van der Waals surface area contributed by atoms with Crippen molar-refractivity contribution in [3.8, 4) is 11.9 Å². The van der Waals surface area contributed by atoms with Crippen molar-refractivity contribution in [3.05, 3.63) is 29.8 Å². The van der Waals surface area contributed by atoms with Crippen molar-refractivity contribution in [2.24, 2.45) is 0 Å². The number of hydrogen-bond acceptors (Lipinski definition) is 3. The van der Waals surface area contributed by atoms with Gasteiger partial charge in [-0.25, -0.2) is 4.90 Å². The fourth-order valence-corrected chi connectivity index (χ4v) is 2.76. The number of nitriles is 1. The zero-order valence-corrected chi connectivity index (χ0v) is 10.1. The molecule has 1 fully saturated rings. The molecule has 0 N–H and O–H groups in total. The molecule has 18 heavy (non-hydrogen) atoms. The van der Waals surface area contributed by atoms with Crippen LogP contribution in [0.25, 0.3) is 0 Å². The van der Waals surface area contributed by atoms with E-state index in [9.17, 15) is 4.79 Å². The van der Waals surface area contributed by atoms with Gasteiger partial charge in [0.2, 0.25) is 5.91 Å². The number of fused-ring (bicyclic) bond motifs is 1. The summed E-state index contributed by atoms with van der Waals surface area (Å²) in [5, 5.41) is 8.82. The van der Waals surface area contributed by atoms with Gasteiger partial charge in [0.25, 0.3) is 0 Å². The Hall–Kier alpha value is -2.02. The molecule has 1 unspecified atom stereocenters. The van der Waals surface area contributed by atoms with Gasteiger partial charge in [-0.05, 0) is 24.5 Å². The van der Waals surface area contributed by atoms with Crippen LogP contribution in [0.4, 0.5) is 0 Å². The quantitative estimate of drug-likeness (QED) is 0.652. The second kappa shape index (κ2) is 4.02. The molecule has 0 aromatic heterocycles. The minimum absolute atomic E-state index is 0.122. The molecule has 1 spiro atoms. The summed E-state index contributed by atoms with van der Waals surface area (Å²) in [6.45, 7) is 0.470. The third kappa shape index (κ3) is 1.72. The van der Waals surface area contributed by atoms with Crippen molar-refractivity contribution in [2.45, 2.75) is 31.3 Å². The third-order valence-electron chi connectivity index (χ3n) is 3.84. The van der Waals surface area contributed by atoms with Gasteiger partial charge in [0.1, 0.15) is 11.4 Å². The van der Waals surface area contributed by atoms with Crippen molar-refractivity contribution >= 4 is 5.91 Å². The first-order chi connectivity index (χ1) is 8.72. The van der Waals surface area contributed by atoms with Crippen LogP contribution in [0.2, 0.25) is 0 Å². The first-order valence-corrected chi connectivity index (χ1v) is 6.19. The number of benzene rings is 1. The lowest BCUT2D eigenvalue weighted by Crippen LogP contribution is -2.51. The highest BCUT2D eigenvalue weighted by atomic mass is 16.5. The van der Waals surface area contributed by atoms with Gasteiger partial charge in [0.15, 0.2) is 6.19 Å². The first-order valence-electron chi connectivity index (χ1n) is 6.19. The standard InChI is InChI=1S/C14H14N2O2/c15-10-16-8-7-14(9-13(16)17)6-5-11-3-1-2-4-12(11)18-14/h1-4H,5-9H2. The lowest BCUT2D eigenvalue weighted by molar-refractivity contribution is -0.138. The summed E-state index contributed by atoms with van der Waals surface area (Å²) in [6.07, 6.45) is 4.77. The Morgan fingerprint density at radius 3 is 2.94 bits per heavy atom. The Bertz CT molecular complexity index is 535. The van der Waals surface area contributed by atoms with Gasteiger partial charge in [0.05, 0.1) is 6.42 Å². The Kier molecular flexibility index (Phi) is 2.48. The number of rotatable bonds is 0. The SMILES string of the molecule is N#CN1CCC2(CCc3ccccc3O2)CC1=O. The van der Waals surface area contributed by atoms with Crippen LogP contribution in [0.5, 0.6) is 5.75 Å². The Morgan fingerprint density at radius 1 is 1.33 bits per heavy atom. The molecule has 2 aliphatic heterocycles. The van der Waals surface area contributed by atoms with Gasteiger partial charge in [-0.3, -0.25) is 4.79 Å². The predicted molar refractivity (Wildman–Crippen MR) is 64.7 cm³/mol. The van der Waals surface area contributed by atoms with E-state index >= 15 is 0 Å². The second-order valence-corrected chi connectivity index (χ2v) is 4.96. The number of aryl methyl sites for hydroxylation is 1. The van der Waals surface area contributed by atoms with Crippen molar-refractivity contribution in [2.75, 3.05) is 6.54 Å². The fourth-order valence-electron chi connectivity index (χ4n) is 2.76. The number of carbonyl (C=O) groups is 1. The molecule has 1 aromatic rings. The van der Waals surface area contributed by atoms with Crippen molar-refractivity contribution < 1.29 is 9.53 Å². The maximum absolute atomic E-state index is 11.8. The van der Waals surface area contributed by atoms with Crippen molar-refractivity contribution in [1.82, 2.24) is 4.90 Å². The molecule has 4 nitrogen and oxygen atoms in total. The second-order valence-electron chi connectivity index (χ2n) is 4.96. The van der Waals surface area contributed by atoms with Crippen LogP contribution in [0.3, 0.4) is 0 Å². The molecular weight excluding hydrogens is 228 g/mol. The molecule has 2 heterocycles. The zero-order chi connectivity index (χ0) is 12.6. The maximum atomic E-state index is 11.8. The van der Waals surface area contributed by atoms with Gasteiger partial charge < -0.3 is 4.74 Å². The minimum atomic E-state index is -0.390. The summed E-state index contributed by atoms with van der Waals surface area (Å²) in [5.74, 6) is 0.769. The molecule has 1 aromatic carbocycles. The molecule has 2 aliphatic rings. The highest BCUT2D eigenvalue weighted by Gasteiger charge is 2.43.